The molecular weight excluding hydrogens is 244 g/mol. The van der Waals surface area contributed by atoms with Gasteiger partial charge in [0.05, 0.1) is 0 Å². The van der Waals surface area contributed by atoms with E-state index in [4.69, 9.17) is 10.5 Å². The first-order chi connectivity index (χ1) is 9.25. The summed E-state index contributed by atoms with van der Waals surface area (Å²) in [6, 6.07) is 12.1. The number of para-hydroxylation sites is 2. The van der Waals surface area contributed by atoms with Crippen molar-refractivity contribution in [3.05, 3.63) is 48.3 Å². The monoisotopic (exact) mass is 256 g/mol. The Morgan fingerprint density at radius 1 is 1.11 bits per heavy atom. The van der Waals surface area contributed by atoms with E-state index < -0.39 is 0 Å². The van der Waals surface area contributed by atoms with Crippen molar-refractivity contribution in [1.29, 1.82) is 0 Å². The van der Waals surface area contributed by atoms with Crippen LogP contribution in [0.3, 0.4) is 0 Å². The van der Waals surface area contributed by atoms with Crippen LogP contribution in [0.15, 0.2) is 42.5 Å². The minimum absolute atomic E-state index is 0.0873. The molecule has 2 heterocycles. The largest absolute Gasteiger partial charge is 0.504 e. The number of phenolic OH excluding ortho intramolecular Hbond substituents is 1. The maximum atomic E-state index is 9.61. The number of benzene rings is 1. The summed E-state index contributed by atoms with van der Waals surface area (Å²) < 4.78 is 7.22. The highest BCUT2D eigenvalue weighted by molar-refractivity contribution is 5.47. The molecule has 0 fully saturated rings. The topological polar surface area (TPSA) is 85.7 Å². The first-order valence-electron chi connectivity index (χ1n) is 5.75. The van der Waals surface area contributed by atoms with E-state index in [1.165, 1.54) is 0 Å². The van der Waals surface area contributed by atoms with Crippen molar-refractivity contribution >= 4 is 11.5 Å². The van der Waals surface area contributed by atoms with Crippen molar-refractivity contribution in [2.45, 2.75) is 6.61 Å². The highest BCUT2D eigenvalue weighted by Crippen LogP contribution is 2.25. The number of anilines is 1. The molecule has 0 spiro atoms. The maximum Gasteiger partial charge on any atom is 0.177 e. The molecule has 3 rings (SSSR count). The van der Waals surface area contributed by atoms with E-state index in [9.17, 15) is 5.11 Å². The third-order valence-corrected chi connectivity index (χ3v) is 2.75. The second kappa shape index (κ2) is 4.49. The molecule has 3 N–H and O–H groups in total. The van der Waals surface area contributed by atoms with Crippen LogP contribution in [0.4, 0.5) is 5.82 Å². The van der Waals surface area contributed by atoms with Gasteiger partial charge in [0.15, 0.2) is 23.0 Å². The number of nitrogen functional groups attached to an aromatic ring is 1. The summed E-state index contributed by atoms with van der Waals surface area (Å²) in [6.45, 7) is 0.174. The van der Waals surface area contributed by atoms with E-state index >= 15 is 0 Å². The minimum atomic E-state index is 0.0873. The first-order valence-corrected chi connectivity index (χ1v) is 5.75. The summed E-state index contributed by atoms with van der Waals surface area (Å²) in [5, 5.41) is 17.6. The first kappa shape index (κ1) is 11.3. The Morgan fingerprint density at radius 3 is 2.79 bits per heavy atom. The van der Waals surface area contributed by atoms with Gasteiger partial charge in [0.25, 0.3) is 0 Å². The number of nitrogens with zero attached hydrogens (tertiary/aromatic N) is 3. The third-order valence-electron chi connectivity index (χ3n) is 2.75. The number of ether oxygens (including phenoxy) is 1. The summed E-state index contributed by atoms with van der Waals surface area (Å²) in [5.41, 5.74) is 6.54. The molecule has 0 aliphatic heterocycles. The number of aromatic nitrogens is 3. The van der Waals surface area contributed by atoms with Crippen LogP contribution in [-0.2, 0) is 6.61 Å². The molecule has 2 aromatic heterocycles. The average molecular weight is 256 g/mol. The van der Waals surface area contributed by atoms with E-state index in [1.54, 1.807) is 34.7 Å². The van der Waals surface area contributed by atoms with Crippen molar-refractivity contribution in [3.8, 4) is 11.5 Å². The zero-order valence-electron chi connectivity index (χ0n) is 10.0. The zero-order valence-corrected chi connectivity index (χ0v) is 10.0. The molecule has 6 heteroatoms. The van der Waals surface area contributed by atoms with Gasteiger partial charge in [-0.25, -0.2) is 0 Å². The second-order valence-electron chi connectivity index (χ2n) is 4.02. The lowest BCUT2D eigenvalue weighted by Crippen LogP contribution is -2.05. The minimum Gasteiger partial charge on any atom is -0.504 e. The second-order valence-corrected chi connectivity index (χ2v) is 4.02. The molecule has 1 aromatic carbocycles. The number of rotatable bonds is 3. The van der Waals surface area contributed by atoms with Crippen molar-refractivity contribution in [2.24, 2.45) is 0 Å². The number of pyridine rings is 1. The molecule has 3 aromatic rings. The molecule has 96 valence electrons. The predicted molar refractivity (Wildman–Crippen MR) is 69.8 cm³/mol. The van der Waals surface area contributed by atoms with E-state index in [-0.39, 0.29) is 12.4 Å². The number of phenols is 1. The molecule has 19 heavy (non-hydrogen) atoms. The van der Waals surface area contributed by atoms with Crippen LogP contribution in [0, 0.1) is 0 Å². The van der Waals surface area contributed by atoms with Crippen LogP contribution < -0.4 is 10.5 Å². The van der Waals surface area contributed by atoms with E-state index in [1.807, 2.05) is 12.1 Å². The summed E-state index contributed by atoms with van der Waals surface area (Å²) in [4.78, 5) is 0. The molecule has 0 bridgehead atoms. The van der Waals surface area contributed by atoms with Gasteiger partial charge in [0.1, 0.15) is 12.4 Å². The lowest BCUT2D eigenvalue weighted by molar-refractivity contribution is 0.279. The molecule has 0 amide bonds. The van der Waals surface area contributed by atoms with Crippen molar-refractivity contribution < 1.29 is 9.84 Å². The van der Waals surface area contributed by atoms with Gasteiger partial charge in [0, 0.05) is 0 Å². The quantitative estimate of drug-likeness (QED) is 0.743. The molecule has 6 nitrogen and oxygen atoms in total. The summed E-state index contributed by atoms with van der Waals surface area (Å²) >= 11 is 0. The van der Waals surface area contributed by atoms with Crippen molar-refractivity contribution in [1.82, 2.24) is 14.6 Å². The van der Waals surface area contributed by atoms with Gasteiger partial charge in [0.2, 0.25) is 0 Å². The van der Waals surface area contributed by atoms with Crippen LogP contribution in [-0.4, -0.2) is 19.7 Å². The number of aromatic hydroxyl groups is 1. The summed E-state index contributed by atoms with van der Waals surface area (Å²) in [7, 11) is 0. The Hall–Kier alpha value is -2.76. The van der Waals surface area contributed by atoms with Gasteiger partial charge >= 0.3 is 0 Å². The molecule has 0 radical (unpaired) electrons. The summed E-state index contributed by atoms with van der Waals surface area (Å²) in [6.07, 6.45) is 0. The Morgan fingerprint density at radius 2 is 1.95 bits per heavy atom. The lowest BCUT2D eigenvalue weighted by Gasteiger charge is -2.07. The summed E-state index contributed by atoms with van der Waals surface area (Å²) in [5.74, 6) is 1.60. The van der Waals surface area contributed by atoms with Gasteiger partial charge in [-0.1, -0.05) is 18.2 Å². The third kappa shape index (κ3) is 2.03. The van der Waals surface area contributed by atoms with Gasteiger partial charge in [-0.15, -0.1) is 10.2 Å². The maximum absolute atomic E-state index is 9.61. The van der Waals surface area contributed by atoms with Gasteiger partial charge in [-0.2, -0.15) is 0 Å². The van der Waals surface area contributed by atoms with Crippen LogP contribution >= 0.6 is 0 Å². The molecule has 0 saturated heterocycles. The van der Waals surface area contributed by atoms with Gasteiger partial charge in [-0.05, 0) is 24.3 Å². The number of hydrogen-bond acceptors (Lipinski definition) is 5. The fourth-order valence-corrected chi connectivity index (χ4v) is 1.84. The number of fused-ring (bicyclic) bond motifs is 1. The fourth-order valence-electron chi connectivity index (χ4n) is 1.84. The number of hydrogen-bond donors (Lipinski definition) is 2. The molecule has 0 unspecified atom stereocenters. The van der Waals surface area contributed by atoms with E-state index in [0.717, 1.165) is 0 Å². The molecule has 0 atom stereocenters. The van der Waals surface area contributed by atoms with Gasteiger partial charge in [-0.3, -0.25) is 4.40 Å². The lowest BCUT2D eigenvalue weighted by atomic mass is 10.3. The van der Waals surface area contributed by atoms with Crippen molar-refractivity contribution in [3.63, 3.8) is 0 Å². The Labute approximate surface area is 109 Å². The van der Waals surface area contributed by atoms with Crippen molar-refractivity contribution in [2.75, 3.05) is 5.73 Å². The van der Waals surface area contributed by atoms with Crippen LogP contribution in [0.2, 0.25) is 0 Å². The Balaban J connectivity index is 1.89. The number of nitrogens with two attached hydrogens (primary N) is 1. The van der Waals surface area contributed by atoms with Crippen LogP contribution in [0.5, 0.6) is 11.5 Å². The highest BCUT2D eigenvalue weighted by Gasteiger charge is 2.09. The van der Waals surface area contributed by atoms with E-state index in [2.05, 4.69) is 10.2 Å². The molecule has 0 saturated carbocycles. The predicted octanol–water partition coefficient (Wildman–Crippen LogP) is 1.60. The smallest absolute Gasteiger partial charge is 0.177 e. The normalized spacial score (nSPS) is 10.7. The van der Waals surface area contributed by atoms with Gasteiger partial charge < -0.3 is 15.6 Å². The van der Waals surface area contributed by atoms with Crippen LogP contribution in [0.1, 0.15) is 5.82 Å². The highest BCUT2D eigenvalue weighted by atomic mass is 16.5. The molecule has 0 aliphatic rings. The molecular formula is C13H12N4O2. The van der Waals surface area contributed by atoms with Crippen LogP contribution in [0.25, 0.3) is 5.65 Å². The zero-order chi connectivity index (χ0) is 13.2. The molecule has 0 aliphatic carbocycles. The Kier molecular flexibility index (Phi) is 2.68. The standard InChI is InChI=1S/C13H12N4O2/c14-11-6-3-7-12-15-16-13(17(11)12)8-19-10-5-2-1-4-9(10)18/h1-7,18H,8,14H2. The SMILES string of the molecule is Nc1cccc2nnc(COc3ccccc3O)n12. The van der Waals surface area contributed by atoms with E-state index in [0.29, 0.717) is 23.0 Å². The fraction of sp³-hybridized carbons (Fsp3) is 0.0769. The Bertz CT molecular complexity index is 723. The average Bonchev–Trinajstić information content (AvgIpc) is 2.83.